The summed E-state index contributed by atoms with van der Waals surface area (Å²) in [7, 11) is 0. The summed E-state index contributed by atoms with van der Waals surface area (Å²) < 4.78 is 6.92. The molecule has 3 aromatic rings. The first-order chi connectivity index (χ1) is 14.4. The zero-order valence-electron chi connectivity index (χ0n) is 16.6. The Bertz CT molecular complexity index is 1050. The van der Waals surface area contributed by atoms with E-state index in [0.717, 1.165) is 5.56 Å². The molecule has 0 fully saturated rings. The summed E-state index contributed by atoms with van der Waals surface area (Å²) in [4.78, 5) is 36.3. The highest BCUT2D eigenvalue weighted by Gasteiger charge is 2.30. The van der Waals surface area contributed by atoms with Crippen molar-refractivity contribution in [1.82, 2.24) is 15.1 Å². The van der Waals surface area contributed by atoms with Crippen molar-refractivity contribution in [3.05, 3.63) is 72.4 Å². The van der Waals surface area contributed by atoms with E-state index in [0.29, 0.717) is 11.4 Å². The van der Waals surface area contributed by atoms with Gasteiger partial charge in [-0.2, -0.15) is 5.10 Å². The third-order valence-electron chi connectivity index (χ3n) is 4.33. The second kappa shape index (κ2) is 9.04. The lowest BCUT2D eigenvalue weighted by Gasteiger charge is -2.20. The fraction of sp³-hybridized carbons (Fsp3) is 0.182. The molecule has 8 heteroatoms. The zero-order chi connectivity index (χ0) is 21.7. The first kappa shape index (κ1) is 20.8. The van der Waals surface area contributed by atoms with Crippen LogP contribution in [0.15, 0.2) is 66.7 Å². The van der Waals surface area contributed by atoms with Crippen LogP contribution in [0.25, 0.3) is 16.9 Å². The molecule has 0 aliphatic rings. The summed E-state index contributed by atoms with van der Waals surface area (Å²) in [5.41, 5.74) is 7.23. The topological polar surface area (TPSA) is 116 Å². The molecule has 0 saturated carbocycles. The molecule has 1 heterocycles. The molecule has 0 saturated heterocycles. The summed E-state index contributed by atoms with van der Waals surface area (Å²) in [5, 5.41) is 6.52. The third-order valence-corrected chi connectivity index (χ3v) is 4.33. The number of hydrogen-bond donors (Lipinski definition) is 2. The molecule has 3 amide bonds. The van der Waals surface area contributed by atoms with Gasteiger partial charge in [-0.3, -0.25) is 10.1 Å². The maximum Gasteiger partial charge on any atom is 0.357 e. The number of para-hydroxylation sites is 1. The van der Waals surface area contributed by atoms with Crippen LogP contribution in [0.5, 0.6) is 0 Å². The summed E-state index contributed by atoms with van der Waals surface area (Å²) >= 11 is 0. The van der Waals surface area contributed by atoms with Crippen LogP contribution in [0.4, 0.5) is 4.79 Å². The Morgan fingerprint density at radius 3 is 2.17 bits per heavy atom. The molecule has 0 aliphatic carbocycles. The molecule has 30 heavy (non-hydrogen) atoms. The Kier molecular flexibility index (Phi) is 6.26. The molecular weight excluding hydrogens is 384 g/mol. The van der Waals surface area contributed by atoms with Crippen LogP contribution < -0.4 is 11.1 Å². The monoisotopic (exact) mass is 406 g/mol. The molecule has 0 spiro atoms. The maximum absolute atomic E-state index is 13.0. The van der Waals surface area contributed by atoms with Gasteiger partial charge in [0.1, 0.15) is 0 Å². The van der Waals surface area contributed by atoms with Crippen LogP contribution in [0.1, 0.15) is 24.3 Å². The highest BCUT2D eigenvalue weighted by atomic mass is 16.5. The standard InChI is InChI=1S/C22H22N4O4/c1-14(2)19(20(27)24-22(23)29)30-21(28)18-13-17(15-9-5-3-6-10-15)25-26(18)16-11-7-4-8-12-16/h3-14,19H,1-2H3,(H3,23,24,27,29)/t19-/m1/s1. The lowest BCUT2D eigenvalue weighted by Crippen LogP contribution is -2.45. The Balaban J connectivity index is 1.98. The fourth-order valence-corrected chi connectivity index (χ4v) is 2.90. The van der Waals surface area contributed by atoms with E-state index in [1.807, 2.05) is 53.8 Å². The Morgan fingerprint density at radius 2 is 1.60 bits per heavy atom. The van der Waals surface area contributed by atoms with Crippen molar-refractivity contribution < 1.29 is 19.1 Å². The van der Waals surface area contributed by atoms with Crippen molar-refractivity contribution in [2.75, 3.05) is 0 Å². The average molecular weight is 406 g/mol. The van der Waals surface area contributed by atoms with Crippen molar-refractivity contribution >= 4 is 17.9 Å². The molecule has 3 rings (SSSR count). The van der Waals surface area contributed by atoms with Gasteiger partial charge in [0.25, 0.3) is 5.91 Å². The summed E-state index contributed by atoms with van der Waals surface area (Å²) in [6.45, 7) is 3.39. The number of imide groups is 1. The highest BCUT2D eigenvalue weighted by Crippen LogP contribution is 2.23. The van der Waals surface area contributed by atoms with Crippen LogP contribution in [-0.4, -0.2) is 33.8 Å². The number of carbonyl (C=O) groups is 3. The predicted octanol–water partition coefficient (Wildman–Crippen LogP) is 2.92. The van der Waals surface area contributed by atoms with E-state index >= 15 is 0 Å². The number of aromatic nitrogens is 2. The molecule has 0 unspecified atom stereocenters. The van der Waals surface area contributed by atoms with Crippen LogP contribution in [0.2, 0.25) is 0 Å². The summed E-state index contributed by atoms with van der Waals surface area (Å²) in [5.74, 6) is -1.90. The van der Waals surface area contributed by atoms with Gasteiger partial charge >= 0.3 is 12.0 Å². The van der Waals surface area contributed by atoms with Gasteiger partial charge < -0.3 is 10.5 Å². The largest absolute Gasteiger partial charge is 0.447 e. The second-order valence-corrected chi connectivity index (χ2v) is 6.95. The predicted molar refractivity (Wildman–Crippen MR) is 111 cm³/mol. The van der Waals surface area contributed by atoms with Crippen LogP contribution >= 0.6 is 0 Å². The molecule has 1 atom stereocenters. The van der Waals surface area contributed by atoms with E-state index in [1.165, 1.54) is 4.68 Å². The molecule has 1 aromatic heterocycles. The van der Waals surface area contributed by atoms with Gasteiger partial charge in [0.05, 0.1) is 11.4 Å². The van der Waals surface area contributed by atoms with Gasteiger partial charge in [0.15, 0.2) is 11.8 Å². The quantitative estimate of drug-likeness (QED) is 0.611. The number of esters is 1. The Morgan fingerprint density at radius 1 is 1.00 bits per heavy atom. The van der Waals surface area contributed by atoms with Gasteiger partial charge in [0.2, 0.25) is 0 Å². The van der Waals surface area contributed by atoms with E-state index in [2.05, 4.69) is 5.10 Å². The minimum Gasteiger partial charge on any atom is -0.447 e. The molecule has 154 valence electrons. The number of amides is 3. The van der Waals surface area contributed by atoms with Gasteiger partial charge in [0, 0.05) is 5.56 Å². The number of primary amides is 1. The highest BCUT2D eigenvalue weighted by molar-refractivity contribution is 5.98. The van der Waals surface area contributed by atoms with Gasteiger partial charge in [-0.05, 0) is 24.1 Å². The van der Waals surface area contributed by atoms with E-state index < -0.39 is 24.0 Å². The van der Waals surface area contributed by atoms with Crippen LogP contribution in [0.3, 0.4) is 0 Å². The number of benzene rings is 2. The van der Waals surface area contributed by atoms with Crippen molar-refractivity contribution in [1.29, 1.82) is 0 Å². The number of urea groups is 1. The average Bonchev–Trinajstić information content (AvgIpc) is 3.18. The van der Waals surface area contributed by atoms with Crippen LogP contribution in [0, 0.1) is 5.92 Å². The number of hydrogen-bond acceptors (Lipinski definition) is 5. The normalized spacial score (nSPS) is 11.7. The van der Waals surface area contributed by atoms with Gasteiger partial charge in [-0.1, -0.05) is 62.4 Å². The molecular formula is C22H22N4O4. The molecule has 8 nitrogen and oxygen atoms in total. The van der Waals surface area contributed by atoms with Crippen molar-refractivity contribution in [2.24, 2.45) is 11.7 Å². The lowest BCUT2D eigenvalue weighted by atomic mass is 10.1. The van der Waals surface area contributed by atoms with Crippen LogP contribution in [-0.2, 0) is 9.53 Å². The molecule has 2 aromatic carbocycles. The van der Waals surface area contributed by atoms with Crippen molar-refractivity contribution in [3.63, 3.8) is 0 Å². The summed E-state index contributed by atoms with van der Waals surface area (Å²) in [6, 6.07) is 19.1. The Hall–Kier alpha value is -3.94. The SMILES string of the molecule is CC(C)[C@@H](OC(=O)c1cc(-c2ccccc2)nn1-c1ccccc1)C(=O)NC(N)=O. The van der Waals surface area contributed by atoms with E-state index in [1.54, 1.807) is 32.0 Å². The summed E-state index contributed by atoms with van der Waals surface area (Å²) in [6.07, 6.45) is -1.19. The minimum absolute atomic E-state index is 0.151. The minimum atomic E-state index is -1.19. The number of nitrogens with two attached hydrogens (primary N) is 1. The lowest BCUT2D eigenvalue weighted by molar-refractivity contribution is -0.130. The van der Waals surface area contributed by atoms with Crippen molar-refractivity contribution in [2.45, 2.75) is 20.0 Å². The number of ether oxygens (including phenoxy) is 1. The maximum atomic E-state index is 13.0. The zero-order valence-corrected chi connectivity index (χ0v) is 16.6. The number of nitrogens with zero attached hydrogens (tertiary/aromatic N) is 2. The Labute approximate surface area is 173 Å². The molecule has 0 bridgehead atoms. The van der Waals surface area contributed by atoms with Gasteiger partial charge in [-0.25, -0.2) is 14.3 Å². The number of carbonyl (C=O) groups excluding carboxylic acids is 3. The number of nitrogens with one attached hydrogen (secondary N) is 1. The van der Waals surface area contributed by atoms with E-state index in [4.69, 9.17) is 10.5 Å². The smallest absolute Gasteiger partial charge is 0.357 e. The second-order valence-electron chi connectivity index (χ2n) is 6.95. The van der Waals surface area contributed by atoms with Crippen molar-refractivity contribution in [3.8, 4) is 16.9 Å². The number of rotatable bonds is 6. The fourth-order valence-electron chi connectivity index (χ4n) is 2.90. The van der Waals surface area contributed by atoms with E-state index in [9.17, 15) is 14.4 Å². The van der Waals surface area contributed by atoms with E-state index in [-0.39, 0.29) is 11.6 Å². The molecule has 0 radical (unpaired) electrons. The molecule has 0 aliphatic heterocycles. The van der Waals surface area contributed by atoms with Gasteiger partial charge in [-0.15, -0.1) is 0 Å². The third kappa shape index (κ3) is 4.72. The first-order valence-corrected chi connectivity index (χ1v) is 9.39. The molecule has 3 N–H and O–H groups in total. The first-order valence-electron chi connectivity index (χ1n) is 9.39.